The Morgan fingerprint density at radius 1 is 1.13 bits per heavy atom. The Morgan fingerprint density at radius 3 is 2.73 bits per heavy atom. The molecule has 2 aromatic rings. The Hall–Kier alpha value is -3.46. The van der Waals surface area contributed by atoms with Gasteiger partial charge in [0.05, 0.1) is 19.3 Å². The smallest absolute Gasteiger partial charge is 0.247 e. The number of nitriles is 1. The highest BCUT2D eigenvalue weighted by atomic mass is 16.5. The summed E-state index contributed by atoms with van der Waals surface area (Å²) in [5.41, 5.74) is 1.98. The monoisotopic (exact) mass is 404 g/mol. The number of fused-ring (bicyclic) bond motifs is 1. The van der Waals surface area contributed by atoms with Crippen LogP contribution in [0, 0.1) is 11.3 Å². The fourth-order valence-electron chi connectivity index (χ4n) is 3.82. The molecule has 6 nitrogen and oxygen atoms in total. The largest absolute Gasteiger partial charge is 0.490 e. The molecule has 2 aliphatic heterocycles. The first kappa shape index (κ1) is 19.8. The highest BCUT2D eigenvalue weighted by Crippen LogP contribution is 2.38. The number of amides is 1. The average molecular weight is 404 g/mol. The van der Waals surface area contributed by atoms with E-state index in [2.05, 4.69) is 0 Å². The molecule has 0 N–H and O–H groups in total. The lowest BCUT2D eigenvalue weighted by molar-refractivity contribution is -0.126. The molecular weight excluding hydrogens is 380 g/mol. The molecule has 1 fully saturated rings. The molecule has 6 heteroatoms. The SMILES string of the molecule is N#CCOc1ccc(/C=C/C(=O)N2CCCC2c2ccc3c(c2)OCCCO3)cc1. The van der Waals surface area contributed by atoms with Crippen LogP contribution in [-0.2, 0) is 4.79 Å². The number of carbonyl (C=O) groups excluding carboxylic acids is 1. The van der Waals surface area contributed by atoms with Gasteiger partial charge in [-0.05, 0) is 54.3 Å². The van der Waals surface area contributed by atoms with Crippen molar-refractivity contribution >= 4 is 12.0 Å². The van der Waals surface area contributed by atoms with Gasteiger partial charge in [-0.15, -0.1) is 0 Å². The first-order valence-electron chi connectivity index (χ1n) is 10.2. The zero-order valence-corrected chi connectivity index (χ0v) is 16.8. The molecule has 1 amide bonds. The zero-order chi connectivity index (χ0) is 20.8. The topological polar surface area (TPSA) is 71.8 Å². The second kappa shape index (κ2) is 9.36. The van der Waals surface area contributed by atoms with Crippen LogP contribution in [0.1, 0.15) is 36.4 Å². The van der Waals surface area contributed by atoms with Gasteiger partial charge < -0.3 is 19.1 Å². The Bertz CT molecular complexity index is 962. The lowest BCUT2D eigenvalue weighted by atomic mass is 10.0. The maximum atomic E-state index is 12.9. The van der Waals surface area contributed by atoms with Gasteiger partial charge in [-0.25, -0.2) is 0 Å². The molecule has 30 heavy (non-hydrogen) atoms. The van der Waals surface area contributed by atoms with Crippen molar-refractivity contribution in [1.29, 1.82) is 5.26 Å². The third kappa shape index (κ3) is 4.57. The van der Waals surface area contributed by atoms with E-state index in [4.69, 9.17) is 19.5 Å². The van der Waals surface area contributed by atoms with Crippen molar-refractivity contribution in [3.05, 3.63) is 59.7 Å². The summed E-state index contributed by atoms with van der Waals surface area (Å²) in [6.07, 6.45) is 6.20. The van der Waals surface area contributed by atoms with Gasteiger partial charge in [-0.2, -0.15) is 5.26 Å². The van der Waals surface area contributed by atoms with Crippen molar-refractivity contribution < 1.29 is 19.0 Å². The molecule has 0 bridgehead atoms. The Labute approximate surface area is 176 Å². The van der Waals surface area contributed by atoms with Crippen LogP contribution < -0.4 is 14.2 Å². The minimum Gasteiger partial charge on any atom is -0.490 e. The third-order valence-electron chi connectivity index (χ3n) is 5.29. The Kier molecular flexibility index (Phi) is 6.19. The van der Waals surface area contributed by atoms with Gasteiger partial charge in [0, 0.05) is 19.0 Å². The first-order chi connectivity index (χ1) is 14.7. The van der Waals surface area contributed by atoms with E-state index in [1.807, 2.05) is 41.3 Å². The predicted octanol–water partition coefficient (Wildman–Crippen LogP) is 4.13. The van der Waals surface area contributed by atoms with E-state index in [0.717, 1.165) is 48.4 Å². The zero-order valence-electron chi connectivity index (χ0n) is 16.8. The molecule has 154 valence electrons. The Morgan fingerprint density at radius 2 is 1.93 bits per heavy atom. The molecule has 4 rings (SSSR count). The lowest BCUT2D eigenvalue weighted by Crippen LogP contribution is -2.28. The van der Waals surface area contributed by atoms with E-state index in [1.165, 1.54) is 0 Å². The summed E-state index contributed by atoms with van der Waals surface area (Å²) < 4.78 is 16.8. The molecule has 2 aromatic carbocycles. The summed E-state index contributed by atoms with van der Waals surface area (Å²) in [5.74, 6) is 2.16. The minimum absolute atomic E-state index is 0.00517. The summed E-state index contributed by atoms with van der Waals surface area (Å²) in [7, 11) is 0. The maximum Gasteiger partial charge on any atom is 0.247 e. The van der Waals surface area contributed by atoms with Crippen LogP contribution in [0.15, 0.2) is 48.5 Å². The van der Waals surface area contributed by atoms with Gasteiger partial charge in [-0.1, -0.05) is 18.2 Å². The normalized spacial score (nSPS) is 18.1. The molecule has 0 aliphatic carbocycles. The van der Waals surface area contributed by atoms with Crippen LogP contribution in [0.3, 0.4) is 0 Å². The number of likely N-dealkylation sites (tertiary alicyclic amines) is 1. The highest BCUT2D eigenvalue weighted by molar-refractivity contribution is 5.92. The van der Waals surface area contributed by atoms with E-state index >= 15 is 0 Å². The van der Waals surface area contributed by atoms with Gasteiger partial charge in [0.25, 0.3) is 0 Å². The van der Waals surface area contributed by atoms with E-state index in [1.54, 1.807) is 24.3 Å². The lowest BCUT2D eigenvalue weighted by Gasteiger charge is -2.24. The fourth-order valence-corrected chi connectivity index (χ4v) is 3.82. The van der Waals surface area contributed by atoms with Crippen LogP contribution in [0.5, 0.6) is 17.2 Å². The van der Waals surface area contributed by atoms with Gasteiger partial charge in [0.15, 0.2) is 18.1 Å². The standard InChI is InChI=1S/C24H24N2O4/c25-12-16-28-20-8-4-18(5-9-20)6-11-24(27)26-13-1-3-21(26)19-7-10-22-23(17-19)30-15-2-14-29-22/h4-11,17,21H,1-3,13-16H2/b11-6+. The van der Waals surface area contributed by atoms with Gasteiger partial charge >= 0.3 is 0 Å². The van der Waals surface area contributed by atoms with E-state index in [9.17, 15) is 4.79 Å². The van der Waals surface area contributed by atoms with Crippen molar-refractivity contribution in [3.63, 3.8) is 0 Å². The second-order valence-corrected chi connectivity index (χ2v) is 7.30. The number of ether oxygens (including phenoxy) is 3. The summed E-state index contributed by atoms with van der Waals surface area (Å²) in [6.45, 7) is 2.07. The van der Waals surface area contributed by atoms with Crippen molar-refractivity contribution in [2.75, 3.05) is 26.4 Å². The molecule has 1 unspecified atom stereocenters. The number of nitrogens with zero attached hydrogens (tertiary/aromatic N) is 2. The van der Waals surface area contributed by atoms with Crippen LogP contribution in [0.2, 0.25) is 0 Å². The van der Waals surface area contributed by atoms with Crippen molar-refractivity contribution in [2.24, 2.45) is 0 Å². The number of rotatable bonds is 5. The average Bonchev–Trinajstić information content (AvgIpc) is 3.15. The molecule has 1 saturated heterocycles. The third-order valence-corrected chi connectivity index (χ3v) is 5.29. The quantitative estimate of drug-likeness (QED) is 0.701. The van der Waals surface area contributed by atoms with Crippen molar-refractivity contribution in [3.8, 4) is 23.3 Å². The minimum atomic E-state index is -0.00517. The predicted molar refractivity (Wildman–Crippen MR) is 112 cm³/mol. The Balaban J connectivity index is 1.44. The second-order valence-electron chi connectivity index (χ2n) is 7.30. The van der Waals surface area contributed by atoms with E-state index < -0.39 is 0 Å². The van der Waals surface area contributed by atoms with Gasteiger partial charge in [-0.3, -0.25) is 4.79 Å². The van der Waals surface area contributed by atoms with Crippen molar-refractivity contribution in [2.45, 2.75) is 25.3 Å². The number of benzene rings is 2. The molecule has 0 radical (unpaired) electrons. The van der Waals surface area contributed by atoms with Crippen LogP contribution in [-0.4, -0.2) is 37.2 Å². The van der Waals surface area contributed by atoms with Crippen LogP contribution >= 0.6 is 0 Å². The molecular formula is C24H24N2O4. The molecule has 2 aliphatic rings. The molecule has 0 aromatic heterocycles. The van der Waals surface area contributed by atoms with Gasteiger partial charge in [0.2, 0.25) is 5.91 Å². The van der Waals surface area contributed by atoms with Crippen molar-refractivity contribution in [1.82, 2.24) is 4.90 Å². The van der Waals surface area contributed by atoms with Crippen LogP contribution in [0.25, 0.3) is 6.08 Å². The number of carbonyl (C=O) groups is 1. The highest BCUT2D eigenvalue weighted by Gasteiger charge is 2.29. The maximum absolute atomic E-state index is 12.9. The number of hydrogen-bond donors (Lipinski definition) is 0. The summed E-state index contributed by atoms with van der Waals surface area (Å²) in [6, 6.07) is 15.3. The molecule has 0 spiro atoms. The molecule has 2 heterocycles. The van der Waals surface area contributed by atoms with E-state index in [-0.39, 0.29) is 18.6 Å². The van der Waals surface area contributed by atoms with Crippen LogP contribution in [0.4, 0.5) is 0 Å². The summed E-state index contributed by atoms with van der Waals surface area (Å²) >= 11 is 0. The molecule has 0 saturated carbocycles. The summed E-state index contributed by atoms with van der Waals surface area (Å²) in [5, 5.41) is 8.56. The fraction of sp³-hybridized carbons (Fsp3) is 0.333. The van der Waals surface area contributed by atoms with Gasteiger partial charge in [0.1, 0.15) is 11.8 Å². The number of hydrogen-bond acceptors (Lipinski definition) is 5. The molecule has 1 atom stereocenters. The van der Waals surface area contributed by atoms with E-state index in [0.29, 0.717) is 19.0 Å². The first-order valence-corrected chi connectivity index (χ1v) is 10.2. The summed E-state index contributed by atoms with van der Waals surface area (Å²) in [4.78, 5) is 14.8.